The van der Waals surface area contributed by atoms with Crippen molar-refractivity contribution in [2.75, 3.05) is 18.8 Å². The van der Waals surface area contributed by atoms with Crippen molar-refractivity contribution in [3.63, 3.8) is 0 Å². The molecular formula is C11H18N4O. The highest BCUT2D eigenvalue weighted by Gasteiger charge is 2.28. The fourth-order valence-corrected chi connectivity index (χ4v) is 1.79. The maximum atomic E-state index is 12.1. The lowest BCUT2D eigenvalue weighted by Crippen LogP contribution is -2.33. The molecule has 0 spiro atoms. The summed E-state index contributed by atoms with van der Waals surface area (Å²) in [5.41, 5.74) is 6.59. The predicted octanol–water partition coefficient (Wildman–Crippen LogP) is 0.874. The third-order valence-corrected chi connectivity index (χ3v) is 2.90. The number of anilines is 1. The van der Waals surface area contributed by atoms with E-state index in [2.05, 4.69) is 5.10 Å². The summed E-state index contributed by atoms with van der Waals surface area (Å²) in [6.07, 6.45) is 4.14. The molecule has 1 aromatic heterocycles. The van der Waals surface area contributed by atoms with Crippen LogP contribution < -0.4 is 5.73 Å². The quantitative estimate of drug-likeness (QED) is 0.822. The summed E-state index contributed by atoms with van der Waals surface area (Å²) in [7, 11) is 1.77. The molecule has 1 fully saturated rings. The Bertz CT molecular complexity index is 395. The van der Waals surface area contributed by atoms with Crippen molar-refractivity contribution in [1.82, 2.24) is 14.7 Å². The molecule has 1 saturated carbocycles. The summed E-state index contributed by atoms with van der Waals surface area (Å²) in [5, 5.41) is 4.11. The number of nitrogen functional groups attached to an aromatic ring is 1. The Morgan fingerprint density at radius 1 is 1.69 bits per heavy atom. The zero-order chi connectivity index (χ0) is 11.7. The second kappa shape index (κ2) is 4.15. The zero-order valence-electron chi connectivity index (χ0n) is 9.81. The standard InChI is InChI=1S/C11H18N4O/c1-3-15(6-8-4-5-8)11(16)10-9(12)7-14(2)13-10/h7-8H,3-6,12H2,1-2H3. The molecule has 0 radical (unpaired) electrons. The van der Waals surface area contributed by atoms with Crippen LogP contribution in [0, 0.1) is 5.92 Å². The average molecular weight is 222 g/mol. The van der Waals surface area contributed by atoms with Gasteiger partial charge in [-0.15, -0.1) is 0 Å². The summed E-state index contributed by atoms with van der Waals surface area (Å²) in [4.78, 5) is 14.0. The predicted molar refractivity (Wildman–Crippen MR) is 61.9 cm³/mol. The number of amides is 1. The number of hydrogen-bond acceptors (Lipinski definition) is 3. The Hall–Kier alpha value is -1.52. The molecule has 1 amide bonds. The number of nitrogens with two attached hydrogens (primary N) is 1. The number of carbonyl (C=O) groups is 1. The van der Waals surface area contributed by atoms with Crippen LogP contribution in [-0.2, 0) is 7.05 Å². The van der Waals surface area contributed by atoms with E-state index in [9.17, 15) is 4.79 Å². The fraction of sp³-hybridized carbons (Fsp3) is 0.636. The Balaban J connectivity index is 2.11. The second-order valence-electron chi connectivity index (χ2n) is 4.39. The smallest absolute Gasteiger partial charge is 0.276 e. The van der Waals surface area contributed by atoms with E-state index in [-0.39, 0.29) is 5.91 Å². The van der Waals surface area contributed by atoms with Gasteiger partial charge in [0.05, 0.1) is 5.69 Å². The van der Waals surface area contributed by atoms with Gasteiger partial charge in [-0.25, -0.2) is 0 Å². The van der Waals surface area contributed by atoms with Crippen LogP contribution in [0.3, 0.4) is 0 Å². The first kappa shape index (κ1) is 11.0. The van der Waals surface area contributed by atoms with Crippen LogP contribution in [0.1, 0.15) is 30.3 Å². The van der Waals surface area contributed by atoms with E-state index in [0.29, 0.717) is 23.8 Å². The van der Waals surface area contributed by atoms with Crippen molar-refractivity contribution in [2.24, 2.45) is 13.0 Å². The lowest BCUT2D eigenvalue weighted by Gasteiger charge is -2.19. The van der Waals surface area contributed by atoms with Gasteiger partial charge < -0.3 is 10.6 Å². The third-order valence-electron chi connectivity index (χ3n) is 2.90. The van der Waals surface area contributed by atoms with Gasteiger partial charge in [0.1, 0.15) is 0 Å². The Labute approximate surface area is 95.2 Å². The van der Waals surface area contributed by atoms with Gasteiger partial charge in [0.15, 0.2) is 5.69 Å². The monoisotopic (exact) mass is 222 g/mol. The molecule has 0 bridgehead atoms. The van der Waals surface area contributed by atoms with Gasteiger partial charge in [-0.2, -0.15) is 5.10 Å². The topological polar surface area (TPSA) is 64.2 Å². The van der Waals surface area contributed by atoms with Crippen LogP contribution in [0.2, 0.25) is 0 Å². The lowest BCUT2D eigenvalue weighted by molar-refractivity contribution is 0.0751. The van der Waals surface area contributed by atoms with E-state index < -0.39 is 0 Å². The van der Waals surface area contributed by atoms with Gasteiger partial charge in [0.25, 0.3) is 5.91 Å². The van der Waals surface area contributed by atoms with Crippen LogP contribution >= 0.6 is 0 Å². The molecule has 88 valence electrons. The van der Waals surface area contributed by atoms with Gasteiger partial charge >= 0.3 is 0 Å². The minimum atomic E-state index is -0.0486. The Morgan fingerprint density at radius 3 is 2.81 bits per heavy atom. The van der Waals surface area contributed by atoms with Gasteiger partial charge in [0, 0.05) is 26.3 Å². The van der Waals surface area contributed by atoms with Gasteiger partial charge in [0.2, 0.25) is 0 Å². The van der Waals surface area contributed by atoms with E-state index in [4.69, 9.17) is 5.73 Å². The molecule has 5 heteroatoms. The largest absolute Gasteiger partial charge is 0.396 e. The Morgan fingerprint density at radius 2 is 2.38 bits per heavy atom. The molecule has 1 aliphatic rings. The van der Waals surface area contributed by atoms with Crippen molar-refractivity contribution < 1.29 is 4.79 Å². The molecule has 0 saturated heterocycles. The first-order valence-corrected chi connectivity index (χ1v) is 5.70. The molecule has 1 aromatic rings. The summed E-state index contributed by atoms with van der Waals surface area (Å²) in [6.45, 7) is 3.54. The SMILES string of the molecule is CCN(CC1CC1)C(=O)c1nn(C)cc1N. The fourth-order valence-electron chi connectivity index (χ4n) is 1.79. The minimum absolute atomic E-state index is 0.0486. The number of hydrogen-bond donors (Lipinski definition) is 1. The van der Waals surface area contributed by atoms with Gasteiger partial charge in [-0.3, -0.25) is 9.48 Å². The number of rotatable bonds is 4. The summed E-state index contributed by atoms with van der Waals surface area (Å²) >= 11 is 0. The molecule has 0 aromatic carbocycles. The highest BCUT2D eigenvalue weighted by atomic mass is 16.2. The third kappa shape index (κ3) is 2.18. The highest BCUT2D eigenvalue weighted by molar-refractivity contribution is 5.97. The molecule has 16 heavy (non-hydrogen) atoms. The molecule has 0 atom stereocenters. The summed E-state index contributed by atoms with van der Waals surface area (Å²) in [6, 6.07) is 0. The number of carbonyl (C=O) groups excluding carboxylic acids is 1. The van der Waals surface area contributed by atoms with E-state index in [1.54, 1.807) is 17.9 Å². The number of nitrogens with zero attached hydrogens (tertiary/aromatic N) is 3. The lowest BCUT2D eigenvalue weighted by atomic mass is 10.3. The number of aromatic nitrogens is 2. The zero-order valence-corrected chi connectivity index (χ0v) is 9.81. The maximum absolute atomic E-state index is 12.1. The van der Waals surface area contributed by atoms with Crippen molar-refractivity contribution in [2.45, 2.75) is 19.8 Å². The van der Waals surface area contributed by atoms with Crippen LogP contribution in [0.25, 0.3) is 0 Å². The van der Waals surface area contributed by atoms with E-state index in [1.807, 2.05) is 11.8 Å². The molecule has 0 aliphatic heterocycles. The normalized spacial score (nSPS) is 15.1. The number of aryl methyl sites for hydroxylation is 1. The summed E-state index contributed by atoms with van der Waals surface area (Å²) < 4.78 is 1.58. The molecule has 1 heterocycles. The van der Waals surface area contributed by atoms with Crippen molar-refractivity contribution in [1.29, 1.82) is 0 Å². The molecular weight excluding hydrogens is 204 g/mol. The van der Waals surface area contributed by atoms with E-state index in [0.717, 1.165) is 6.54 Å². The van der Waals surface area contributed by atoms with Crippen LogP contribution in [0.4, 0.5) is 5.69 Å². The average Bonchev–Trinajstić information content (AvgIpc) is 2.99. The first-order chi connectivity index (χ1) is 7.61. The molecule has 5 nitrogen and oxygen atoms in total. The maximum Gasteiger partial charge on any atom is 0.276 e. The molecule has 2 rings (SSSR count). The van der Waals surface area contributed by atoms with Crippen molar-refractivity contribution in [3.05, 3.63) is 11.9 Å². The van der Waals surface area contributed by atoms with Gasteiger partial charge in [-0.05, 0) is 25.7 Å². The Kier molecular flexibility index (Phi) is 2.85. The van der Waals surface area contributed by atoms with Crippen LogP contribution in [-0.4, -0.2) is 33.7 Å². The second-order valence-corrected chi connectivity index (χ2v) is 4.39. The van der Waals surface area contributed by atoms with E-state index >= 15 is 0 Å². The minimum Gasteiger partial charge on any atom is -0.396 e. The van der Waals surface area contributed by atoms with E-state index in [1.165, 1.54) is 12.8 Å². The molecule has 2 N–H and O–H groups in total. The highest BCUT2D eigenvalue weighted by Crippen LogP contribution is 2.30. The van der Waals surface area contributed by atoms with Crippen LogP contribution in [0.5, 0.6) is 0 Å². The van der Waals surface area contributed by atoms with Gasteiger partial charge in [-0.1, -0.05) is 0 Å². The summed E-state index contributed by atoms with van der Waals surface area (Å²) in [5.74, 6) is 0.640. The molecule has 0 unspecified atom stereocenters. The first-order valence-electron chi connectivity index (χ1n) is 5.70. The molecule has 1 aliphatic carbocycles. The van der Waals surface area contributed by atoms with Crippen molar-refractivity contribution >= 4 is 11.6 Å². The van der Waals surface area contributed by atoms with Crippen molar-refractivity contribution in [3.8, 4) is 0 Å². The van der Waals surface area contributed by atoms with Crippen LogP contribution in [0.15, 0.2) is 6.20 Å².